The van der Waals surface area contributed by atoms with E-state index in [0.717, 1.165) is 18.7 Å². The lowest BCUT2D eigenvalue weighted by Gasteiger charge is -2.09. The highest BCUT2D eigenvalue weighted by Gasteiger charge is 1.98. The van der Waals surface area contributed by atoms with Gasteiger partial charge in [0, 0.05) is 29.7 Å². The largest absolute Gasteiger partial charge is 0.310 e. The van der Waals surface area contributed by atoms with Crippen LogP contribution in [0.2, 0.25) is 0 Å². The Bertz CT molecular complexity index is 387. The Morgan fingerprint density at radius 2 is 2.18 bits per heavy atom. The first-order valence-electron chi connectivity index (χ1n) is 6.07. The molecule has 0 aliphatic carbocycles. The fraction of sp³-hybridized carbons (Fsp3) is 0.467. The minimum atomic E-state index is 0.533. The van der Waals surface area contributed by atoms with Gasteiger partial charge in [0.05, 0.1) is 0 Å². The molecule has 0 aliphatic rings. The van der Waals surface area contributed by atoms with E-state index >= 15 is 0 Å². The van der Waals surface area contributed by atoms with Gasteiger partial charge in [0.15, 0.2) is 0 Å². The molecule has 1 aromatic carbocycles. The van der Waals surface area contributed by atoms with Gasteiger partial charge in [-0.15, -0.1) is 23.6 Å². The smallest absolute Gasteiger partial charge is 0.0208 e. The molecule has 1 rings (SSSR count). The molecule has 0 aromatic heterocycles. The Labute approximate surface area is 109 Å². The van der Waals surface area contributed by atoms with Crippen LogP contribution in [0.5, 0.6) is 0 Å². The van der Waals surface area contributed by atoms with Crippen LogP contribution < -0.4 is 5.32 Å². The summed E-state index contributed by atoms with van der Waals surface area (Å²) < 4.78 is 0. The van der Waals surface area contributed by atoms with Crippen LogP contribution in [-0.4, -0.2) is 11.8 Å². The first-order valence-corrected chi connectivity index (χ1v) is 7.05. The number of thioether (sulfide) groups is 1. The molecule has 0 radical (unpaired) electrons. The summed E-state index contributed by atoms with van der Waals surface area (Å²) in [6, 6.07) is 9.27. The predicted molar refractivity (Wildman–Crippen MR) is 77.2 cm³/mol. The first-order chi connectivity index (χ1) is 8.22. The van der Waals surface area contributed by atoms with Gasteiger partial charge in [-0.3, -0.25) is 0 Å². The Morgan fingerprint density at radius 1 is 1.35 bits per heavy atom. The number of hydrogen-bond donors (Lipinski definition) is 1. The van der Waals surface area contributed by atoms with E-state index in [1.807, 2.05) is 18.7 Å². The van der Waals surface area contributed by atoms with Crippen molar-refractivity contribution in [2.75, 3.05) is 5.75 Å². The van der Waals surface area contributed by atoms with Gasteiger partial charge >= 0.3 is 0 Å². The Morgan fingerprint density at radius 3 is 2.88 bits per heavy atom. The van der Waals surface area contributed by atoms with Crippen molar-refractivity contribution in [1.29, 1.82) is 0 Å². The van der Waals surface area contributed by atoms with Crippen LogP contribution in [0.4, 0.5) is 0 Å². The maximum absolute atomic E-state index is 3.43. The average molecular weight is 247 g/mol. The predicted octanol–water partition coefficient (Wildman–Crippen LogP) is 3.69. The minimum absolute atomic E-state index is 0.533. The summed E-state index contributed by atoms with van der Waals surface area (Å²) in [6.07, 6.45) is 0.968. The maximum Gasteiger partial charge on any atom is 0.0208 e. The highest BCUT2D eigenvalue weighted by atomic mass is 32.2. The minimum Gasteiger partial charge on any atom is -0.310 e. The molecule has 17 heavy (non-hydrogen) atoms. The Kier molecular flexibility index (Phi) is 6.84. The molecule has 0 heterocycles. The van der Waals surface area contributed by atoms with Gasteiger partial charge in [0.25, 0.3) is 0 Å². The lowest BCUT2D eigenvalue weighted by Crippen LogP contribution is -2.21. The summed E-state index contributed by atoms with van der Waals surface area (Å²) in [5.41, 5.74) is 1.35. The average Bonchev–Trinajstić information content (AvgIpc) is 2.33. The molecular weight excluding hydrogens is 226 g/mol. The lowest BCUT2D eigenvalue weighted by atomic mass is 10.2. The Balaban J connectivity index is 2.44. The molecule has 2 heteroatoms. The van der Waals surface area contributed by atoms with Crippen molar-refractivity contribution in [2.24, 2.45) is 0 Å². The summed E-state index contributed by atoms with van der Waals surface area (Å²) in [4.78, 5) is 1.34. The standard InChI is InChI=1S/C15H21NS/c1-4-5-6-10-17-15-9-7-8-14(11-15)12-16-13(2)3/h7-9,11,13,16H,6,10,12H2,1-3H3. The van der Waals surface area contributed by atoms with E-state index in [0.29, 0.717) is 6.04 Å². The van der Waals surface area contributed by atoms with Gasteiger partial charge in [0.1, 0.15) is 0 Å². The zero-order valence-electron chi connectivity index (χ0n) is 10.9. The number of hydrogen-bond acceptors (Lipinski definition) is 2. The van der Waals surface area contributed by atoms with Crippen LogP contribution in [0.3, 0.4) is 0 Å². The van der Waals surface area contributed by atoms with E-state index in [-0.39, 0.29) is 0 Å². The summed E-state index contributed by atoms with van der Waals surface area (Å²) in [5.74, 6) is 7.09. The van der Waals surface area contributed by atoms with Crippen LogP contribution in [0.15, 0.2) is 29.2 Å². The first kappa shape index (κ1) is 14.2. The maximum atomic E-state index is 3.43. The second kappa shape index (κ2) is 8.22. The van der Waals surface area contributed by atoms with Gasteiger partial charge < -0.3 is 5.32 Å². The summed E-state index contributed by atoms with van der Waals surface area (Å²) in [5, 5.41) is 3.43. The third-order valence-corrected chi connectivity index (χ3v) is 3.28. The molecule has 92 valence electrons. The Hall–Kier alpha value is -0.910. The van der Waals surface area contributed by atoms with Crippen LogP contribution in [0.1, 0.15) is 32.8 Å². The van der Waals surface area contributed by atoms with Crippen LogP contribution in [0.25, 0.3) is 0 Å². The fourth-order valence-corrected chi connectivity index (χ4v) is 2.26. The lowest BCUT2D eigenvalue weighted by molar-refractivity contribution is 0.588. The van der Waals surface area contributed by atoms with Crippen molar-refractivity contribution >= 4 is 11.8 Å². The molecule has 0 bridgehead atoms. The molecular formula is C15H21NS. The summed E-state index contributed by atoms with van der Waals surface area (Å²) in [6.45, 7) is 7.17. The zero-order chi connectivity index (χ0) is 12.5. The third kappa shape index (κ3) is 6.41. The van der Waals surface area contributed by atoms with E-state index < -0.39 is 0 Å². The van der Waals surface area contributed by atoms with E-state index in [9.17, 15) is 0 Å². The third-order valence-electron chi connectivity index (χ3n) is 2.29. The fourth-order valence-electron chi connectivity index (χ4n) is 1.41. The number of rotatable bonds is 6. The van der Waals surface area contributed by atoms with Crippen molar-refractivity contribution in [2.45, 2.75) is 44.7 Å². The molecule has 1 N–H and O–H groups in total. The van der Waals surface area contributed by atoms with Crippen LogP contribution in [0, 0.1) is 11.8 Å². The topological polar surface area (TPSA) is 12.0 Å². The molecule has 0 amide bonds. The molecule has 1 aromatic rings. The molecule has 0 atom stereocenters. The molecule has 0 fully saturated rings. The van der Waals surface area contributed by atoms with Gasteiger partial charge in [-0.25, -0.2) is 0 Å². The summed E-state index contributed by atoms with van der Waals surface area (Å²) >= 11 is 1.88. The quantitative estimate of drug-likeness (QED) is 0.467. The summed E-state index contributed by atoms with van der Waals surface area (Å²) in [7, 11) is 0. The van der Waals surface area contributed by atoms with Crippen molar-refractivity contribution in [3.05, 3.63) is 29.8 Å². The van der Waals surface area contributed by atoms with Crippen molar-refractivity contribution in [1.82, 2.24) is 5.32 Å². The second-order valence-electron chi connectivity index (χ2n) is 4.21. The molecule has 0 spiro atoms. The monoisotopic (exact) mass is 247 g/mol. The van der Waals surface area contributed by atoms with Crippen molar-refractivity contribution in [3.63, 3.8) is 0 Å². The van der Waals surface area contributed by atoms with Gasteiger partial charge in [-0.2, -0.15) is 0 Å². The highest BCUT2D eigenvalue weighted by molar-refractivity contribution is 7.99. The molecule has 0 unspecified atom stereocenters. The van der Waals surface area contributed by atoms with Crippen LogP contribution >= 0.6 is 11.8 Å². The van der Waals surface area contributed by atoms with E-state index in [1.54, 1.807) is 0 Å². The van der Waals surface area contributed by atoms with E-state index in [1.165, 1.54) is 10.5 Å². The highest BCUT2D eigenvalue weighted by Crippen LogP contribution is 2.19. The SMILES string of the molecule is CC#CCCSc1cccc(CNC(C)C)c1. The van der Waals surface area contributed by atoms with Gasteiger partial charge in [0.2, 0.25) is 0 Å². The second-order valence-corrected chi connectivity index (χ2v) is 5.38. The van der Waals surface area contributed by atoms with Crippen molar-refractivity contribution in [3.8, 4) is 11.8 Å². The van der Waals surface area contributed by atoms with Gasteiger partial charge in [-0.1, -0.05) is 26.0 Å². The number of benzene rings is 1. The van der Waals surface area contributed by atoms with E-state index in [2.05, 4.69) is 55.3 Å². The molecule has 0 aliphatic heterocycles. The normalized spacial score (nSPS) is 10.1. The van der Waals surface area contributed by atoms with Crippen molar-refractivity contribution < 1.29 is 0 Å². The zero-order valence-corrected chi connectivity index (χ0v) is 11.7. The molecule has 0 saturated carbocycles. The van der Waals surface area contributed by atoms with E-state index in [4.69, 9.17) is 0 Å². The molecule has 1 nitrogen and oxygen atoms in total. The van der Waals surface area contributed by atoms with Gasteiger partial charge in [-0.05, 0) is 24.6 Å². The number of nitrogens with one attached hydrogen (secondary N) is 1. The molecule has 0 saturated heterocycles. The van der Waals surface area contributed by atoms with Crippen LogP contribution in [-0.2, 0) is 6.54 Å².